The summed E-state index contributed by atoms with van der Waals surface area (Å²) in [4.78, 5) is 0.0626. The van der Waals surface area contributed by atoms with E-state index in [9.17, 15) is 8.42 Å². The van der Waals surface area contributed by atoms with Gasteiger partial charge < -0.3 is 0 Å². The Hall–Kier alpha value is -1.91. The first-order chi connectivity index (χ1) is 8.51. The molecule has 0 radical (unpaired) electrons. The summed E-state index contributed by atoms with van der Waals surface area (Å²) in [5, 5.41) is 9.20. The normalized spacial score (nSPS) is 10.9. The minimum atomic E-state index is -3.66. The average Bonchev–Trinajstić information content (AvgIpc) is 2.74. The average molecular weight is 279 g/mol. The third-order valence-corrected chi connectivity index (χ3v) is 4.42. The van der Waals surface area contributed by atoms with Crippen molar-refractivity contribution in [1.29, 1.82) is 5.26 Å². The van der Waals surface area contributed by atoms with Gasteiger partial charge in [-0.1, -0.05) is 6.07 Å². The highest BCUT2D eigenvalue weighted by Gasteiger charge is 2.15. The molecule has 0 unspecified atom stereocenters. The van der Waals surface area contributed by atoms with E-state index in [1.165, 1.54) is 18.2 Å². The number of hydrogen-bond donors (Lipinski definition) is 1. The molecule has 0 aliphatic heterocycles. The van der Waals surface area contributed by atoms with Crippen LogP contribution in [-0.2, 0) is 10.0 Å². The van der Waals surface area contributed by atoms with Crippen LogP contribution in [0.15, 0.2) is 35.2 Å². The molecular formula is C11H9N3O2S2. The lowest BCUT2D eigenvalue weighted by atomic mass is 10.2. The second-order valence-electron chi connectivity index (χ2n) is 3.58. The molecule has 0 amide bonds. The van der Waals surface area contributed by atoms with Crippen molar-refractivity contribution in [2.45, 2.75) is 11.8 Å². The van der Waals surface area contributed by atoms with E-state index in [4.69, 9.17) is 5.26 Å². The third-order valence-electron chi connectivity index (χ3n) is 2.14. The number of nitriles is 1. The molecule has 1 aromatic carbocycles. The molecule has 2 rings (SSSR count). The molecule has 0 saturated carbocycles. The third kappa shape index (κ3) is 2.67. The first-order valence-electron chi connectivity index (χ1n) is 4.97. The van der Waals surface area contributed by atoms with Crippen LogP contribution in [0.25, 0.3) is 0 Å². The van der Waals surface area contributed by atoms with E-state index in [2.05, 4.69) is 9.10 Å². The molecule has 1 N–H and O–H groups in total. The zero-order valence-electron chi connectivity index (χ0n) is 9.41. The summed E-state index contributed by atoms with van der Waals surface area (Å²) in [6.45, 7) is 1.78. The molecule has 2 aromatic rings. The maximum absolute atomic E-state index is 12.0. The highest BCUT2D eigenvalue weighted by molar-refractivity contribution is 7.93. The number of aromatic nitrogens is 1. The fourth-order valence-electron chi connectivity index (χ4n) is 1.34. The Labute approximate surface area is 109 Å². The fraction of sp³-hybridized carbons (Fsp3) is 0.0909. The van der Waals surface area contributed by atoms with Gasteiger partial charge in [-0.15, -0.1) is 0 Å². The van der Waals surface area contributed by atoms with E-state index in [-0.39, 0.29) is 4.90 Å². The second kappa shape index (κ2) is 4.76. The van der Waals surface area contributed by atoms with Crippen LogP contribution in [0.2, 0.25) is 0 Å². The predicted molar refractivity (Wildman–Crippen MR) is 68.8 cm³/mol. The zero-order chi connectivity index (χ0) is 13.2. The van der Waals surface area contributed by atoms with E-state index in [0.29, 0.717) is 10.6 Å². The Kier molecular flexibility index (Phi) is 3.32. The van der Waals surface area contributed by atoms with Crippen molar-refractivity contribution in [2.75, 3.05) is 4.72 Å². The summed E-state index contributed by atoms with van der Waals surface area (Å²) in [7, 11) is -3.66. The monoisotopic (exact) mass is 279 g/mol. The van der Waals surface area contributed by atoms with E-state index in [1.807, 2.05) is 6.07 Å². The number of sulfonamides is 1. The predicted octanol–water partition coefficient (Wildman–Crippen LogP) is 2.12. The number of benzene rings is 1. The van der Waals surface area contributed by atoms with Gasteiger partial charge in [-0.2, -0.15) is 9.64 Å². The summed E-state index contributed by atoms with van der Waals surface area (Å²) in [5.74, 6) is 0. The second-order valence-corrected chi connectivity index (χ2v) is 6.07. The summed E-state index contributed by atoms with van der Waals surface area (Å²) in [6.07, 6.45) is 0. The van der Waals surface area contributed by atoms with Crippen LogP contribution >= 0.6 is 11.5 Å². The van der Waals surface area contributed by atoms with Crippen LogP contribution in [0.1, 0.15) is 11.3 Å². The Bertz CT molecular complexity index is 714. The minimum absolute atomic E-state index is 0.0626. The number of rotatable bonds is 3. The Morgan fingerprint density at radius 2 is 2.17 bits per heavy atom. The quantitative estimate of drug-likeness (QED) is 0.932. The first kappa shape index (κ1) is 12.5. The summed E-state index contributed by atoms with van der Waals surface area (Å²) in [5.41, 5.74) is 1.06. The molecule has 1 heterocycles. The maximum Gasteiger partial charge on any atom is 0.262 e. The van der Waals surface area contributed by atoms with Gasteiger partial charge >= 0.3 is 0 Å². The standard InChI is InChI=1S/C11H9N3O2S2/c1-8-5-11(17-13-8)14-18(15,16)10-4-2-3-9(6-10)7-12/h2-6,14H,1H3. The van der Waals surface area contributed by atoms with Crippen molar-refractivity contribution in [3.63, 3.8) is 0 Å². The van der Waals surface area contributed by atoms with E-state index in [0.717, 1.165) is 17.2 Å². The van der Waals surface area contributed by atoms with Gasteiger partial charge in [0.2, 0.25) is 0 Å². The van der Waals surface area contributed by atoms with Gasteiger partial charge in [-0.25, -0.2) is 8.42 Å². The zero-order valence-corrected chi connectivity index (χ0v) is 11.0. The van der Waals surface area contributed by atoms with Gasteiger partial charge in [0.25, 0.3) is 10.0 Å². The van der Waals surface area contributed by atoms with Crippen molar-refractivity contribution in [3.8, 4) is 6.07 Å². The largest absolute Gasteiger partial charge is 0.269 e. The van der Waals surface area contributed by atoms with Gasteiger partial charge in [-0.05, 0) is 42.7 Å². The van der Waals surface area contributed by atoms with Crippen LogP contribution in [0, 0.1) is 18.3 Å². The first-order valence-corrected chi connectivity index (χ1v) is 7.23. The van der Waals surface area contributed by atoms with Crippen LogP contribution in [-0.4, -0.2) is 12.8 Å². The molecule has 7 heteroatoms. The van der Waals surface area contributed by atoms with Gasteiger partial charge in [0.1, 0.15) is 5.00 Å². The molecule has 0 saturated heterocycles. The molecule has 1 aromatic heterocycles. The smallest absolute Gasteiger partial charge is 0.262 e. The van der Waals surface area contributed by atoms with Gasteiger partial charge in [0.15, 0.2) is 0 Å². The Morgan fingerprint density at radius 1 is 1.39 bits per heavy atom. The van der Waals surface area contributed by atoms with E-state index >= 15 is 0 Å². The number of hydrogen-bond acceptors (Lipinski definition) is 5. The molecule has 0 fully saturated rings. The number of aryl methyl sites for hydroxylation is 1. The summed E-state index contributed by atoms with van der Waals surface area (Å²) >= 11 is 1.08. The maximum atomic E-state index is 12.0. The molecule has 0 aliphatic carbocycles. The Balaban J connectivity index is 2.34. The lowest BCUT2D eigenvalue weighted by Crippen LogP contribution is -2.12. The van der Waals surface area contributed by atoms with Crippen LogP contribution < -0.4 is 4.72 Å². The van der Waals surface area contributed by atoms with Crippen LogP contribution in [0.3, 0.4) is 0 Å². The lowest BCUT2D eigenvalue weighted by molar-refractivity contribution is 0.601. The topological polar surface area (TPSA) is 82.9 Å². The summed E-state index contributed by atoms with van der Waals surface area (Å²) < 4.78 is 30.5. The molecular weight excluding hydrogens is 270 g/mol. The van der Waals surface area contributed by atoms with Gasteiger partial charge in [0.05, 0.1) is 22.2 Å². The Morgan fingerprint density at radius 3 is 2.78 bits per heavy atom. The highest BCUT2D eigenvalue weighted by Crippen LogP contribution is 2.21. The molecule has 5 nitrogen and oxygen atoms in total. The number of nitrogens with one attached hydrogen (secondary N) is 1. The number of anilines is 1. The lowest BCUT2D eigenvalue weighted by Gasteiger charge is -2.05. The van der Waals surface area contributed by atoms with E-state index < -0.39 is 10.0 Å². The van der Waals surface area contributed by atoms with Crippen molar-refractivity contribution >= 4 is 26.6 Å². The molecule has 0 aliphatic rings. The van der Waals surface area contributed by atoms with Crippen LogP contribution in [0.5, 0.6) is 0 Å². The molecule has 0 spiro atoms. The van der Waals surface area contributed by atoms with Gasteiger partial charge in [0, 0.05) is 0 Å². The van der Waals surface area contributed by atoms with E-state index in [1.54, 1.807) is 19.1 Å². The molecule has 92 valence electrons. The van der Waals surface area contributed by atoms with Crippen molar-refractivity contribution in [2.24, 2.45) is 0 Å². The summed E-state index contributed by atoms with van der Waals surface area (Å²) in [6, 6.07) is 9.41. The van der Waals surface area contributed by atoms with Crippen molar-refractivity contribution in [3.05, 3.63) is 41.6 Å². The van der Waals surface area contributed by atoms with Gasteiger partial charge in [-0.3, -0.25) is 4.72 Å². The molecule has 18 heavy (non-hydrogen) atoms. The SMILES string of the molecule is Cc1cc(NS(=O)(=O)c2cccc(C#N)c2)sn1. The fourth-order valence-corrected chi connectivity index (χ4v) is 3.31. The van der Waals surface area contributed by atoms with Crippen molar-refractivity contribution < 1.29 is 8.42 Å². The molecule has 0 atom stereocenters. The van der Waals surface area contributed by atoms with Crippen molar-refractivity contribution in [1.82, 2.24) is 4.37 Å². The highest BCUT2D eigenvalue weighted by atomic mass is 32.2. The number of nitrogens with zero attached hydrogens (tertiary/aromatic N) is 2. The van der Waals surface area contributed by atoms with Crippen LogP contribution in [0.4, 0.5) is 5.00 Å². The minimum Gasteiger partial charge on any atom is -0.269 e. The molecule has 0 bridgehead atoms.